The zero-order chi connectivity index (χ0) is 16.2. The highest BCUT2D eigenvalue weighted by Gasteiger charge is 2.18. The largest absolute Gasteiger partial charge is 0.486 e. The number of nitrogens with one attached hydrogen (secondary N) is 1. The first-order valence-electron chi connectivity index (χ1n) is 7.19. The summed E-state index contributed by atoms with van der Waals surface area (Å²) in [7, 11) is 0. The maximum atomic E-state index is 11.8. The first-order valence-corrected chi connectivity index (χ1v) is 7.19. The molecule has 1 aliphatic heterocycles. The van der Waals surface area contributed by atoms with Crippen molar-refractivity contribution in [3.8, 4) is 11.5 Å². The van der Waals surface area contributed by atoms with E-state index in [0.717, 1.165) is 0 Å². The van der Waals surface area contributed by atoms with Crippen LogP contribution in [0.15, 0.2) is 18.2 Å². The van der Waals surface area contributed by atoms with E-state index >= 15 is 0 Å². The van der Waals surface area contributed by atoms with Crippen LogP contribution in [0.2, 0.25) is 0 Å². The van der Waals surface area contributed by atoms with Gasteiger partial charge in [0.1, 0.15) is 13.2 Å². The fourth-order valence-electron chi connectivity index (χ4n) is 1.95. The Hall–Kier alpha value is -2.24. The molecule has 0 saturated heterocycles. The van der Waals surface area contributed by atoms with Crippen molar-refractivity contribution in [3.05, 3.63) is 18.2 Å². The van der Waals surface area contributed by atoms with Crippen molar-refractivity contribution in [1.82, 2.24) is 0 Å². The number of fused-ring (bicyclic) bond motifs is 1. The summed E-state index contributed by atoms with van der Waals surface area (Å²) in [5.41, 5.74) is 0.407. The second-order valence-corrected chi connectivity index (χ2v) is 6.30. The number of anilines is 1. The van der Waals surface area contributed by atoms with E-state index in [2.05, 4.69) is 5.32 Å². The molecule has 0 saturated carbocycles. The molecule has 1 aromatic rings. The number of carbonyl (C=O) groups excluding carboxylic acids is 2. The van der Waals surface area contributed by atoms with Crippen LogP contribution in [0.4, 0.5) is 5.69 Å². The second-order valence-electron chi connectivity index (χ2n) is 6.30. The third-order valence-corrected chi connectivity index (χ3v) is 2.86. The molecule has 22 heavy (non-hydrogen) atoms. The third-order valence-electron chi connectivity index (χ3n) is 2.86. The molecule has 1 aromatic carbocycles. The third kappa shape index (κ3) is 4.95. The van der Waals surface area contributed by atoms with Crippen molar-refractivity contribution in [2.45, 2.75) is 27.2 Å². The Morgan fingerprint density at radius 3 is 2.55 bits per heavy atom. The van der Waals surface area contributed by atoms with Crippen molar-refractivity contribution < 1.29 is 23.8 Å². The molecule has 6 nitrogen and oxygen atoms in total. The van der Waals surface area contributed by atoms with Gasteiger partial charge in [0.15, 0.2) is 18.1 Å². The smallest absolute Gasteiger partial charge is 0.306 e. The number of carbonyl (C=O) groups is 2. The van der Waals surface area contributed by atoms with Crippen molar-refractivity contribution in [1.29, 1.82) is 0 Å². The molecule has 1 N–H and O–H groups in total. The van der Waals surface area contributed by atoms with Gasteiger partial charge in [-0.15, -0.1) is 0 Å². The number of amides is 1. The summed E-state index contributed by atoms with van der Waals surface area (Å²) in [5, 5.41) is 2.66. The normalized spacial score (nSPS) is 13.4. The van der Waals surface area contributed by atoms with E-state index in [0.29, 0.717) is 30.4 Å². The summed E-state index contributed by atoms with van der Waals surface area (Å²) in [6.45, 7) is 6.50. The average molecular weight is 307 g/mol. The molecular formula is C16H21NO5. The maximum Gasteiger partial charge on any atom is 0.306 e. The number of hydrogen-bond donors (Lipinski definition) is 1. The molecule has 0 spiro atoms. The van der Waals surface area contributed by atoms with Gasteiger partial charge in [0.05, 0.1) is 6.42 Å². The predicted molar refractivity (Wildman–Crippen MR) is 81.1 cm³/mol. The topological polar surface area (TPSA) is 73.9 Å². The molecule has 2 rings (SSSR count). The summed E-state index contributed by atoms with van der Waals surface area (Å²) >= 11 is 0. The minimum Gasteiger partial charge on any atom is -0.486 e. The molecule has 1 aliphatic rings. The lowest BCUT2D eigenvalue weighted by Gasteiger charge is -2.19. The van der Waals surface area contributed by atoms with Crippen LogP contribution in [-0.4, -0.2) is 31.7 Å². The van der Waals surface area contributed by atoms with Crippen LogP contribution in [0.5, 0.6) is 11.5 Å². The zero-order valence-electron chi connectivity index (χ0n) is 13.1. The van der Waals surface area contributed by atoms with Gasteiger partial charge in [-0.05, 0) is 17.5 Å². The number of rotatable bonds is 4. The Labute approximate surface area is 129 Å². The van der Waals surface area contributed by atoms with E-state index in [1.54, 1.807) is 18.2 Å². The van der Waals surface area contributed by atoms with Crippen molar-refractivity contribution in [3.63, 3.8) is 0 Å². The van der Waals surface area contributed by atoms with Crippen molar-refractivity contribution in [2.24, 2.45) is 5.41 Å². The summed E-state index contributed by atoms with van der Waals surface area (Å²) < 4.78 is 15.8. The van der Waals surface area contributed by atoms with Crippen LogP contribution >= 0.6 is 0 Å². The van der Waals surface area contributed by atoms with Crippen molar-refractivity contribution in [2.75, 3.05) is 25.1 Å². The molecule has 0 aliphatic carbocycles. The Bertz CT molecular complexity index is 562. The zero-order valence-corrected chi connectivity index (χ0v) is 13.1. The minimum absolute atomic E-state index is 0.163. The highest BCUT2D eigenvalue weighted by atomic mass is 16.6. The summed E-state index contributed by atoms with van der Waals surface area (Å²) in [5.74, 6) is 0.471. The van der Waals surface area contributed by atoms with Gasteiger partial charge in [-0.2, -0.15) is 0 Å². The van der Waals surface area contributed by atoms with E-state index < -0.39 is 0 Å². The minimum atomic E-state index is -0.390. The second kappa shape index (κ2) is 6.68. The van der Waals surface area contributed by atoms with E-state index in [1.165, 1.54) is 0 Å². The Balaban J connectivity index is 1.83. The molecule has 120 valence electrons. The van der Waals surface area contributed by atoms with Crippen LogP contribution < -0.4 is 14.8 Å². The highest BCUT2D eigenvalue weighted by molar-refractivity contribution is 5.93. The highest BCUT2D eigenvalue weighted by Crippen LogP contribution is 2.32. The number of esters is 1. The van der Waals surface area contributed by atoms with Crippen LogP contribution in [0, 0.1) is 5.41 Å². The van der Waals surface area contributed by atoms with Gasteiger partial charge in [0.25, 0.3) is 5.91 Å². The summed E-state index contributed by atoms with van der Waals surface area (Å²) in [6.07, 6.45) is 0.268. The molecular weight excluding hydrogens is 286 g/mol. The Morgan fingerprint density at radius 2 is 1.86 bits per heavy atom. The lowest BCUT2D eigenvalue weighted by molar-refractivity contribution is -0.149. The van der Waals surface area contributed by atoms with Crippen LogP contribution in [0.3, 0.4) is 0 Å². The van der Waals surface area contributed by atoms with E-state index in [9.17, 15) is 9.59 Å². The van der Waals surface area contributed by atoms with Gasteiger partial charge in [0, 0.05) is 11.8 Å². The van der Waals surface area contributed by atoms with E-state index in [1.807, 2.05) is 20.8 Å². The maximum absolute atomic E-state index is 11.8. The van der Waals surface area contributed by atoms with Gasteiger partial charge >= 0.3 is 5.97 Å². The molecule has 1 heterocycles. The Kier molecular flexibility index (Phi) is 4.90. The number of hydrogen-bond acceptors (Lipinski definition) is 5. The van der Waals surface area contributed by atoms with Crippen LogP contribution in [0.1, 0.15) is 27.2 Å². The first-order chi connectivity index (χ1) is 10.3. The lowest BCUT2D eigenvalue weighted by Crippen LogP contribution is -2.23. The Morgan fingerprint density at radius 1 is 1.18 bits per heavy atom. The first kappa shape index (κ1) is 16.1. The molecule has 0 radical (unpaired) electrons. The molecule has 1 amide bonds. The molecule has 0 fully saturated rings. The molecule has 0 unspecified atom stereocenters. The molecule has 0 bridgehead atoms. The van der Waals surface area contributed by atoms with Crippen LogP contribution in [-0.2, 0) is 14.3 Å². The SMILES string of the molecule is CC(C)(C)CC(=O)OCC(=O)Nc1ccc2c(c1)OCCO2. The predicted octanol–water partition coefficient (Wildman–Crippen LogP) is 2.38. The quantitative estimate of drug-likeness (QED) is 0.865. The van der Waals surface area contributed by atoms with Crippen molar-refractivity contribution >= 4 is 17.6 Å². The lowest BCUT2D eigenvalue weighted by atomic mass is 9.92. The van der Waals surface area contributed by atoms with E-state index in [4.69, 9.17) is 14.2 Å². The number of benzene rings is 1. The van der Waals surface area contributed by atoms with Gasteiger partial charge < -0.3 is 19.5 Å². The molecule has 6 heteroatoms. The summed E-state index contributed by atoms with van der Waals surface area (Å²) in [6, 6.07) is 5.13. The van der Waals surface area contributed by atoms with Gasteiger partial charge in [-0.1, -0.05) is 20.8 Å². The molecule has 0 atom stereocenters. The van der Waals surface area contributed by atoms with Crippen LogP contribution in [0.25, 0.3) is 0 Å². The number of ether oxygens (including phenoxy) is 3. The summed E-state index contributed by atoms with van der Waals surface area (Å²) in [4.78, 5) is 23.4. The van der Waals surface area contributed by atoms with E-state index in [-0.39, 0.29) is 30.3 Å². The standard InChI is InChI=1S/C16H21NO5/c1-16(2,3)9-15(19)22-10-14(18)17-11-4-5-12-13(8-11)21-7-6-20-12/h4-5,8H,6-7,9-10H2,1-3H3,(H,17,18). The monoisotopic (exact) mass is 307 g/mol. The van der Waals surface area contributed by atoms with Gasteiger partial charge in [-0.3, -0.25) is 9.59 Å². The molecule has 0 aromatic heterocycles. The van der Waals surface area contributed by atoms with Gasteiger partial charge in [-0.25, -0.2) is 0 Å². The van der Waals surface area contributed by atoms with Gasteiger partial charge in [0.2, 0.25) is 0 Å². The fourth-order valence-corrected chi connectivity index (χ4v) is 1.95. The fraction of sp³-hybridized carbons (Fsp3) is 0.500. The average Bonchev–Trinajstić information content (AvgIpc) is 2.43.